The highest BCUT2D eigenvalue weighted by atomic mass is 79.9. The zero-order valence-corrected chi connectivity index (χ0v) is 33.9. The Morgan fingerprint density at radius 1 is 0.982 bits per heavy atom. The number of nitrogens with zero attached hydrogens (tertiary/aromatic N) is 7. The number of benzene rings is 3. The summed E-state index contributed by atoms with van der Waals surface area (Å²) in [6, 6.07) is 15.7. The number of anilines is 6. The molecule has 2 aliphatic heterocycles. The maximum Gasteiger partial charge on any atom is 0.328 e. The largest absolute Gasteiger partial charge is 0.494 e. The van der Waals surface area contributed by atoms with E-state index in [9.17, 15) is 14.2 Å². The fourth-order valence-corrected chi connectivity index (χ4v) is 9.05. The molecule has 55 heavy (non-hydrogen) atoms. The first-order valence-corrected chi connectivity index (χ1v) is 21.5. The van der Waals surface area contributed by atoms with Crippen molar-refractivity contribution in [3.05, 3.63) is 82.7 Å². The third-order valence-electron chi connectivity index (χ3n) is 10.1. The lowest BCUT2D eigenvalue weighted by molar-refractivity contribution is -0.120. The van der Waals surface area contributed by atoms with Gasteiger partial charge in [0.25, 0.3) is 0 Å². The summed E-state index contributed by atoms with van der Waals surface area (Å²) in [5.41, 5.74) is 6.71. The molecule has 16 heteroatoms. The predicted molar refractivity (Wildman–Crippen MR) is 221 cm³/mol. The summed E-state index contributed by atoms with van der Waals surface area (Å²) in [4.78, 5) is 48.9. The molecular formula is C39H44BrN10O4P. The lowest BCUT2D eigenvalue weighted by atomic mass is 10.0. The summed E-state index contributed by atoms with van der Waals surface area (Å²) in [6.45, 7) is 8.34. The van der Waals surface area contributed by atoms with E-state index in [1.165, 1.54) is 0 Å². The molecule has 3 amide bonds. The number of hydrogen-bond acceptors (Lipinski definition) is 12. The van der Waals surface area contributed by atoms with Crippen LogP contribution in [-0.4, -0.2) is 89.9 Å². The standard InChI is InChI=1S/C39H44BrN10O4P/c1-24-20-30(45-38-43-22-27(40)37(47-38)44-29-11-10-28-35(42-16-15-41-28)36(29)55(4,5)53)33(54-3)21-32(24)49-17-12-26(13-18-49)48(2)23-25-8-6-7-9-31(25)50-19-14-34(51)46-39(50)52/h6-11,15-16,20-22,26H,12-14,17-19,23H2,1-5H3,(H,46,51,52)(H2,43,44,45,47). The molecular weight excluding hydrogens is 783 g/mol. The third kappa shape index (κ3) is 8.29. The molecule has 0 saturated carbocycles. The third-order valence-corrected chi connectivity index (χ3v) is 12.2. The molecule has 0 spiro atoms. The first-order chi connectivity index (χ1) is 26.4. The maximum absolute atomic E-state index is 13.5. The minimum Gasteiger partial charge on any atom is -0.494 e. The van der Waals surface area contributed by atoms with Crippen molar-refractivity contribution < 1.29 is 18.9 Å². The highest BCUT2D eigenvalue weighted by molar-refractivity contribution is 9.10. The molecule has 286 valence electrons. The van der Waals surface area contributed by atoms with Crippen molar-refractivity contribution in [1.29, 1.82) is 0 Å². The SMILES string of the molecule is COc1cc(N2CCC(N(C)Cc3ccccc3N3CCC(=O)NC3=O)CC2)c(C)cc1Nc1ncc(Br)c(Nc2ccc3nccnc3c2P(C)(C)=O)n1. The molecule has 0 aliphatic carbocycles. The van der Waals surface area contributed by atoms with Crippen LogP contribution < -0.4 is 35.8 Å². The number of carbonyl (C=O) groups excluding carboxylic acids is 2. The smallest absolute Gasteiger partial charge is 0.328 e. The number of aryl methyl sites for hydroxylation is 1. The molecule has 14 nitrogen and oxygen atoms in total. The zero-order chi connectivity index (χ0) is 38.9. The number of hydrogen-bond donors (Lipinski definition) is 3. The van der Waals surface area contributed by atoms with Gasteiger partial charge < -0.3 is 24.8 Å². The summed E-state index contributed by atoms with van der Waals surface area (Å²) in [5.74, 6) is 1.27. The summed E-state index contributed by atoms with van der Waals surface area (Å²) in [7, 11) is 1.02. The van der Waals surface area contributed by atoms with Crippen molar-refractivity contribution in [2.45, 2.75) is 38.8 Å². The van der Waals surface area contributed by atoms with E-state index in [4.69, 9.17) is 9.72 Å². The average molecular weight is 828 g/mol. The predicted octanol–water partition coefficient (Wildman–Crippen LogP) is 6.78. The topological polar surface area (TPSA) is 158 Å². The molecule has 5 aromatic rings. The van der Waals surface area contributed by atoms with Gasteiger partial charge in [-0.25, -0.2) is 9.78 Å². The number of urea groups is 1. The van der Waals surface area contributed by atoms with Gasteiger partial charge in [0, 0.05) is 74.7 Å². The van der Waals surface area contributed by atoms with E-state index in [1.807, 2.05) is 30.3 Å². The Morgan fingerprint density at radius 3 is 2.49 bits per heavy atom. The Morgan fingerprint density at radius 2 is 1.75 bits per heavy atom. The van der Waals surface area contributed by atoms with Gasteiger partial charge in [-0.15, -0.1) is 0 Å². The lowest BCUT2D eigenvalue weighted by Crippen LogP contribution is -2.50. The van der Waals surface area contributed by atoms with E-state index in [-0.39, 0.29) is 11.9 Å². The molecule has 2 fully saturated rings. The number of amides is 3. The van der Waals surface area contributed by atoms with Crippen LogP contribution in [0.2, 0.25) is 0 Å². The summed E-state index contributed by atoms with van der Waals surface area (Å²) in [5, 5.41) is 9.74. The second-order valence-electron chi connectivity index (χ2n) is 14.2. The van der Waals surface area contributed by atoms with Gasteiger partial charge in [-0.3, -0.25) is 29.9 Å². The van der Waals surface area contributed by atoms with E-state index >= 15 is 0 Å². The number of piperidine rings is 1. The zero-order valence-electron chi connectivity index (χ0n) is 31.5. The van der Waals surface area contributed by atoms with Crippen LogP contribution >= 0.6 is 23.1 Å². The van der Waals surface area contributed by atoms with Crippen LogP contribution in [0.1, 0.15) is 30.4 Å². The van der Waals surface area contributed by atoms with Crippen LogP contribution in [-0.2, 0) is 15.9 Å². The first kappa shape index (κ1) is 38.2. The summed E-state index contributed by atoms with van der Waals surface area (Å²) in [6.07, 6.45) is 7.12. The second kappa shape index (κ2) is 15.9. The number of fused-ring (bicyclic) bond motifs is 1. The molecule has 3 N–H and O–H groups in total. The molecule has 2 saturated heterocycles. The number of rotatable bonds is 11. The van der Waals surface area contributed by atoms with Gasteiger partial charge in [0.15, 0.2) is 0 Å². The van der Waals surface area contributed by atoms with Crippen LogP contribution in [0.3, 0.4) is 0 Å². The molecule has 0 bridgehead atoms. The van der Waals surface area contributed by atoms with Crippen LogP contribution in [0.5, 0.6) is 5.75 Å². The lowest BCUT2D eigenvalue weighted by Gasteiger charge is -2.39. The van der Waals surface area contributed by atoms with E-state index in [0.717, 1.165) is 54.1 Å². The number of ether oxygens (including phenoxy) is 1. The molecule has 0 atom stereocenters. The summed E-state index contributed by atoms with van der Waals surface area (Å²) < 4.78 is 20.0. The monoisotopic (exact) mass is 826 g/mol. The van der Waals surface area contributed by atoms with Crippen LogP contribution in [0, 0.1) is 6.92 Å². The number of nitrogens with one attached hydrogen (secondary N) is 3. The Balaban J connectivity index is 1.03. The number of imide groups is 1. The van der Waals surface area contributed by atoms with Crippen molar-refractivity contribution in [1.82, 2.24) is 30.2 Å². The molecule has 0 radical (unpaired) electrons. The number of halogens is 1. The minimum atomic E-state index is -2.77. The fraction of sp³-hybridized carbons (Fsp3) is 0.333. The highest BCUT2D eigenvalue weighted by Crippen LogP contribution is 2.42. The Hall–Kier alpha value is -5.11. The van der Waals surface area contributed by atoms with Crippen molar-refractivity contribution >= 4 is 85.9 Å². The highest BCUT2D eigenvalue weighted by Gasteiger charge is 2.29. The Bertz CT molecular complexity index is 2310. The molecule has 0 unspecified atom stereocenters. The van der Waals surface area contributed by atoms with Gasteiger partial charge in [-0.2, -0.15) is 4.98 Å². The molecule has 2 aromatic heterocycles. The number of para-hydroxylation sites is 1. The Kier molecular flexibility index (Phi) is 11.1. The average Bonchev–Trinajstić information content (AvgIpc) is 3.16. The van der Waals surface area contributed by atoms with Crippen molar-refractivity contribution in [3.8, 4) is 5.75 Å². The first-order valence-electron chi connectivity index (χ1n) is 18.1. The van der Waals surface area contributed by atoms with Gasteiger partial charge in [0.2, 0.25) is 11.9 Å². The van der Waals surface area contributed by atoms with Crippen LogP contribution in [0.4, 0.5) is 39.3 Å². The number of aromatic nitrogens is 4. The summed E-state index contributed by atoms with van der Waals surface area (Å²) >= 11 is 3.57. The van der Waals surface area contributed by atoms with Gasteiger partial charge in [-0.1, -0.05) is 18.2 Å². The van der Waals surface area contributed by atoms with Crippen LogP contribution in [0.25, 0.3) is 11.0 Å². The number of methoxy groups -OCH3 is 1. The van der Waals surface area contributed by atoms with Crippen molar-refractivity contribution in [2.24, 2.45) is 0 Å². The maximum atomic E-state index is 13.5. The van der Waals surface area contributed by atoms with Gasteiger partial charge in [-0.05, 0) is 91.5 Å². The van der Waals surface area contributed by atoms with E-state index in [2.05, 4.69) is 88.8 Å². The molecule has 2 aliphatic rings. The molecule has 4 heterocycles. The fourth-order valence-electron chi connectivity index (χ4n) is 7.36. The van der Waals surface area contributed by atoms with Crippen molar-refractivity contribution in [3.63, 3.8) is 0 Å². The molecule has 7 rings (SSSR count). The van der Waals surface area contributed by atoms with E-state index < -0.39 is 7.14 Å². The van der Waals surface area contributed by atoms with Gasteiger partial charge in [0.05, 0.1) is 33.8 Å². The van der Waals surface area contributed by atoms with E-state index in [0.29, 0.717) is 69.6 Å². The van der Waals surface area contributed by atoms with Crippen LogP contribution in [0.15, 0.2) is 71.6 Å². The molecule has 3 aromatic carbocycles. The minimum absolute atomic E-state index is 0.238. The number of carbonyl (C=O) groups is 2. The van der Waals surface area contributed by atoms with E-state index in [1.54, 1.807) is 43.9 Å². The van der Waals surface area contributed by atoms with Crippen molar-refractivity contribution in [2.75, 3.05) is 67.6 Å². The quantitative estimate of drug-likeness (QED) is 0.120. The Labute approximate surface area is 328 Å². The normalized spacial score (nSPS) is 15.4. The second-order valence-corrected chi connectivity index (χ2v) is 18.2. The van der Waals surface area contributed by atoms with Gasteiger partial charge >= 0.3 is 6.03 Å². The van der Waals surface area contributed by atoms with Gasteiger partial charge in [0.1, 0.15) is 24.2 Å².